The zero-order chi connectivity index (χ0) is 24.2. The van der Waals surface area contributed by atoms with Crippen LogP contribution in [0.4, 0.5) is 11.4 Å². The number of carbonyl (C=O) groups is 4. The number of rotatable bonds is 7. The number of fused-ring (bicyclic) bond motifs is 1. The number of amides is 3. The number of nitrogens with zero attached hydrogens (tertiary/aromatic N) is 1. The lowest BCUT2D eigenvalue weighted by molar-refractivity contribution is -0.122. The van der Waals surface area contributed by atoms with Gasteiger partial charge in [-0.2, -0.15) is 0 Å². The lowest BCUT2D eigenvalue weighted by Gasteiger charge is -2.15. The summed E-state index contributed by atoms with van der Waals surface area (Å²) >= 11 is 0. The van der Waals surface area contributed by atoms with Gasteiger partial charge in [-0.3, -0.25) is 19.3 Å². The number of imide groups is 1. The predicted octanol–water partition coefficient (Wildman–Crippen LogP) is 2.95. The Labute approximate surface area is 196 Å². The zero-order valence-electron chi connectivity index (χ0n) is 18.8. The van der Waals surface area contributed by atoms with E-state index >= 15 is 0 Å². The van der Waals surface area contributed by atoms with Gasteiger partial charge in [0, 0.05) is 6.07 Å². The minimum atomic E-state index is -0.753. The number of allylic oxidation sites excluding steroid dienone is 2. The number of esters is 1. The van der Waals surface area contributed by atoms with E-state index in [0.29, 0.717) is 35.7 Å². The quantitative estimate of drug-likeness (QED) is 0.381. The summed E-state index contributed by atoms with van der Waals surface area (Å²) in [6.45, 7) is -0.532. The van der Waals surface area contributed by atoms with Crippen molar-refractivity contribution in [2.75, 3.05) is 31.0 Å². The molecule has 1 aliphatic heterocycles. The molecule has 4 rings (SSSR count). The van der Waals surface area contributed by atoms with Crippen LogP contribution in [0.1, 0.15) is 23.2 Å². The fraction of sp³-hybridized carbons (Fsp3) is 0.280. The maximum Gasteiger partial charge on any atom is 0.338 e. The second-order valence-electron chi connectivity index (χ2n) is 7.91. The highest BCUT2D eigenvalue weighted by Gasteiger charge is 2.47. The Hall–Kier alpha value is -4.14. The van der Waals surface area contributed by atoms with Crippen molar-refractivity contribution in [2.24, 2.45) is 11.8 Å². The molecule has 2 aliphatic rings. The largest absolute Gasteiger partial charge is 0.497 e. The minimum absolute atomic E-state index is 0.126. The number of benzene rings is 2. The van der Waals surface area contributed by atoms with Crippen LogP contribution in [0.2, 0.25) is 0 Å². The topological polar surface area (TPSA) is 111 Å². The Bertz CT molecular complexity index is 1150. The van der Waals surface area contributed by atoms with Gasteiger partial charge < -0.3 is 19.5 Å². The van der Waals surface area contributed by atoms with E-state index in [-0.39, 0.29) is 29.2 Å². The van der Waals surface area contributed by atoms with Crippen LogP contribution in [-0.2, 0) is 19.1 Å². The van der Waals surface area contributed by atoms with Gasteiger partial charge in [0.25, 0.3) is 5.91 Å². The minimum Gasteiger partial charge on any atom is -0.497 e. The van der Waals surface area contributed by atoms with E-state index in [1.54, 1.807) is 30.3 Å². The number of anilines is 2. The van der Waals surface area contributed by atoms with Crippen molar-refractivity contribution in [2.45, 2.75) is 12.8 Å². The monoisotopic (exact) mass is 464 g/mol. The third-order valence-corrected chi connectivity index (χ3v) is 5.86. The number of carbonyl (C=O) groups excluding carboxylic acids is 4. The molecule has 0 unspecified atom stereocenters. The molecule has 0 spiro atoms. The number of methoxy groups -OCH3 is 2. The summed E-state index contributed by atoms with van der Waals surface area (Å²) in [5.74, 6) is -1.63. The molecule has 2 aromatic rings. The molecule has 34 heavy (non-hydrogen) atoms. The van der Waals surface area contributed by atoms with Crippen molar-refractivity contribution in [3.05, 3.63) is 60.2 Å². The molecule has 2 aromatic carbocycles. The predicted molar refractivity (Wildman–Crippen MR) is 123 cm³/mol. The van der Waals surface area contributed by atoms with Crippen LogP contribution in [-0.4, -0.2) is 44.5 Å². The normalized spacial score (nSPS) is 18.9. The molecule has 0 bridgehead atoms. The number of ether oxygens (including phenoxy) is 3. The molecular formula is C25H24N2O7. The fourth-order valence-corrected chi connectivity index (χ4v) is 4.13. The van der Waals surface area contributed by atoms with Crippen molar-refractivity contribution in [1.29, 1.82) is 0 Å². The van der Waals surface area contributed by atoms with Gasteiger partial charge in [-0.25, -0.2) is 4.79 Å². The van der Waals surface area contributed by atoms with Gasteiger partial charge in [0.1, 0.15) is 11.5 Å². The number of nitrogens with one attached hydrogen (secondary N) is 1. The Morgan fingerprint density at radius 1 is 0.971 bits per heavy atom. The van der Waals surface area contributed by atoms with Crippen LogP contribution in [0.3, 0.4) is 0 Å². The summed E-state index contributed by atoms with van der Waals surface area (Å²) < 4.78 is 15.5. The van der Waals surface area contributed by atoms with Crippen molar-refractivity contribution >= 4 is 35.1 Å². The van der Waals surface area contributed by atoms with E-state index in [0.717, 1.165) is 4.90 Å². The number of hydrogen-bond donors (Lipinski definition) is 1. The maximum atomic E-state index is 12.8. The van der Waals surface area contributed by atoms with Gasteiger partial charge in [-0.15, -0.1) is 0 Å². The molecule has 1 saturated heterocycles. The number of hydrogen-bond acceptors (Lipinski definition) is 7. The van der Waals surface area contributed by atoms with E-state index in [9.17, 15) is 19.2 Å². The molecule has 1 fully saturated rings. The standard InChI is InChI=1S/C25H24N2O7/c1-32-17-10-11-20(21(13-17)33-2)26-22(28)14-34-25(31)15-6-5-7-16(12-15)27-23(29)18-8-3-4-9-19(18)24(27)30/h3-7,10-13,18-19H,8-9,14H2,1-2H3,(H,26,28)/t18-,19+. The van der Waals surface area contributed by atoms with Crippen molar-refractivity contribution in [3.8, 4) is 11.5 Å². The zero-order valence-corrected chi connectivity index (χ0v) is 18.8. The van der Waals surface area contributed by atoms with Crippen LogP contribution in [0, 0.1) is 11.8 Å². The first-order valence-electron chi connectivity index (χ1n) is 10.7. The highest BCUT2D eigenvalue weighted by atomic mass is 16.5. The molecule has 0 aromatic heterocycles. The summed E-state index contributed by atoms with van der Waals surface area (Å²) in [5.41, 5.74) is 0.834. The Morgan fingerprint density at radius 2 is 1.68 bits per heavy atom. The molecule has 3 amide bonds. The van der Waals surface area contributed by atoms with Crippen molar-refractivity contribution in [3.63, 3.8) is 0 Å². The van der Waals surface area contributed by atoms with Crippen LogP contribution < -0.4 is 19.7 Å². The summed E-state index contributed by atoms with van der Waals surface area (Å²) in [6.07, 6.45) is 4.88. The van der Waals surface area contributed by atoms with E-state index in [2.05, 4.69) is 5.32 Å². The molecule has 1 aliphatic carbocycles. The molecular weight excluding hydrogens is 440 g/mol. The first kappa shape index (κ1) is 23.0. The van der Waals surface area contributed by atoms with Gasteiger partial charge in [-0.1, -0.05) is 18.2 Å². The fourth-order valence-electron chi connectivity index (χ4n) is 4.13. The van der Waals surface area contributed by atoms with Crippen LogP contribution in [0.15, 0.2) is 54.6 Å². The average molecular weight is 464 g/mol. The van der Waals surface area contributed by atoms with E-state index in [1.807, 2.05) is 12.2 Å². The maximum absolute atomic E-state index is 12.8. The SMILES string of the molecule is COc1ccc(NC(=O)COC(=O)c2cccc(N3C(=O)[C@H]4CC=CC[C@H]4C3=O)c2)c(OC)c1. The lowest BCUT2D eigenvalue weighted by atomic mass is 9.85. The first-order chi connectivity index (χ1) is 16.4. The average Bonchev–Trinajstić information content (AvgIpc) is 3.12. The summed E-state index contributed by atoms with van der Waals surface area (Å²) in [4.78, 5) is 51.6. The highest BCUT2D eigenvalue weighted by molar-refractivity contribution is 6.22. The molecule has 1 N–H and O–H groups in total. The van der Waals surface area contributed by atoms with E-state index < -0.39 is 18.5 Å². The van der Waals surface area contributed by atoms with E-state index in [4.69, 9.17) is 14.2 Å². The molecule has 1 heterocycles. The van der Waals surface area contributed by atoms with Gasteiger partial charge in [0.05, 0.1) is 43.0 Å². The van der Waals surface area contributed by atoms with Gasteiger partial charge in [0.15, 0.2) is 6.61 Å². The van der Waals surface area contributed by atoms with Gasteiger partial charge in [0.2, 0.25) is 11.8 Å². The molecule has 176 valence electrons. The summed E-state index contributed by atoms with van der Waals surface area (Å²) in [6, 6.07) is 11.0. The molecule has 0 saturated carbocycles. The third-order valence-electron chi connectivity index (χ3n) is 5.86. The Balaban J connectivity index is 1.40. The molecule has 0 radical (unpaired) electrons. The Kier molecular flexibility index (Phi) is 6.62. The van der Waals surface area contributed by atoms with Crippen LogP contribution >= 0.6 is 0 Å². The van der Waals surface area contributed by atoms with Crippen LogP contribution in [0.25, 0.3) is 0 Å². The summed E-state index contributed by atoms with van der Waals surface area (Å²) in [7, 11) is 2.97. The third kappa shape index (κ3) is 4.50. The second kappa shape index (κ2) is 9.78. The van der Waals surface area contributed by atoms with Gasteiger partial charge in [-0.05, 0) is 43.2 Å². The summed E-state index contributed by atoms with van der Waals surface area (Å²) in [5, 5.41) is 2.62. The van der Waals surface area contributed by atoms with Gasteiger partial charge >= 0.3 is 5.97 Å². The smallest absolute Gasteiger partial charge is 0.338 e. The van der Waals surface area contributed by atoms with E-state index in [1.165, 1.54) is 26.4 Å². The van der Waals surface area contributed by atoms with Crippen molar-refractivity contribution in [1.82, 2.24) is 0 Å². The molecule has 9 heteroatoms. The molecule has 9 nitrogen and oxygen atoms in total. The first-order valence-corrected chi connectivity index (χ1v) is 10.7. The molecule has 2 atom stereocenters. The lowest BCUT2D eigenvalue weighted by Crippen LogP contribution is -2.31. The highest BCUT2D eigenvalue weighted by Crippen LogP contribution is 2.37. The van der Waals surface area contributed by atoms with Crippen molar-refractivity contribution < 1.29 is 33.4 Å². The second-order valence-corrected chi connectivity index (χ2v) is 7.91. The Morgan fingerprint density at radius 3 is 2.32 bits per heavy atom. The van der Waals surface area contributed by atoms with Crippen LogP contribution in [0.5, 0.6) is 11.5 Å².